The number of nitrogen functional groups attached to an aromatic ring is 1. The Labute approximate surface area is 261 Å². The van der Waals surface area contributed by atoms with Gasteiger partial charge in [0.25, 0.3) is 0 Å². The van der Waals surface area contributed by atoms with E-state index in [1.807, 2.05) is 0 Å². The van der Waals surface area contributed by atoms with Crippen molar-refractivity contribution >= 4 is 66.9 Å². The van der Waals surface area contributed by atoms with E-state index in [2.05, 4.69) is 19.9 Å². The SMILES string of the molecule is Nc1ncnc2c1ncn2[C@@H]1O[C@@H]2COP(=O)(O)OC3C(O)[C@H](n4cnc5cc(Cl)c(Cl)cc54)O[C@@H]3COP(=O)(O)OC2C1O. The summed E-state index contributed by atoms with van der Waals surface area (Å²) >= 11 is 12.2. The highest BCUT2D eigenvalue weighted by Gasteiger charge is 2.54. The number of nitrogens with zero attached hydrogens (tertiary/aromatic N) is 6. The third kappa shape index (κ3) is 5.66. The topological polar surface area (TPSA) is 258 Å². The molecule has 6 heterocycles. The number of aliphatic hydroxyl groups is 2. The molecule has 242 valence electrons. The first-order chi connectivity index (χ1) is 21.3. The number of anilines is 1. The number of aliphatic hydroxyl groups excluding tert-OH is 2. The second-order valence-electron chi connectivity index (χ2n) is 10.3. The van der Waals surface area contributed by atoms with Gasteiger partial charge in [0.05, 0.1) is 46.9 Å². The maximum Gasteiger partial charge on any atom is 0.472 e. The van der Waals surface area contributed by atoms with Gasteiger partial charge in [-0.25, -0.2) is 29.1 Å². The fourth-order valence-electron chi connectivity index (χ4n) is 5.41. The molecule has 3 fully saturated rings. The summed E-state index contributed by atoms with van der Waals surface area (Å²) in [5.74, 6) is 0.0514. The van der Waals surface area contributed by atoms with E-state index in [0.29, 0.717) is 11.0 Å². The number of fused-ring (bicyclic) bond motifs is 4. The minimum Gasteiger partial charge on any atom is -0.386 e. The monoisotopic (exact) mass is 709 g/mol. The molecule has 0 bridgehead atoms. The average molecular weight is 710 g/mol. The molecule has 19 nitrogen and oxygen atoms in total. The van der Waals surface area contributed by atoms with Crippen molar-refractivity contribution in [3.8, 4) is 0 Å². The number of hydrogen-bond acceptors (Lipinski definition) is 15. The van der Waals surface area contributed by atoms with E-state index in [-0.39, 0.29) is 27.0 Å². The summed E-state index contributed by atoms with van der Waals surface area (Å²) < 4.78 is 61.5. The first-order valence-electron chi connectivity index (χ1n) is 13.0. The fourth-order valence-corrected chi connectivity index (χ4v) is 7.66. The zero-order valence-electron chi connectivity index (χ0n) is 22.4. The number of aromatic nitrogens is 6. The van der Waals surface area contributed by atoms with Crippen LogP contribution in [0.15, 0.2) is 31.1 Å². The predicted octanol–water partition coefficient (Wildman–Crippen LogP) is 1.30. The number of ether oxygens (including phenoxy) is 2. The summed E-state index contributed by atoms with van der Waals surface area (Å²) in [6.07, 6.45) is -8.30. The van der Waals surface area contributed by atoms with Crippen molar-refractivity contribution in [1.29, 1.82) is 0 Å². The van der Waals surface area contributed by atoms with Crippen LogP contribution in [-0.2, 0) is 36.7 Å². The molecule has 1 aromatic carbocycles. The second-order valence-corrected chi connectivity index (χ2v) is 13.9. The molecule has 3 aromatic heterocycles. The fraction of sp³-hybridized carbons (Fsp3) is 0.455. The van der Waals surface area contributed by atoms with E-state index in [0.717, 1.165) is 6.33 Å². The molecule has 0 spiro atoms. The van der Waals surface area contributed by atoms with Crippen LogP contribution in [0.3, 0.4) is 0 Å². The van der Waals surface area contributed by atoms with E-state index in [9.17, 15) is 29.1 Å². The summed E-state index contributed by atoms with van der Waals surface area (Å²) in [4.78, 5) is 37.5. The number of phosphoric ester groups is 2. The third-order valence-corrected chi connectivity index (χ3v) is 10.2. The van der Waals surface area contributed by atoms with E-state index in [1.165, 1.54) is 33.9 Å². The van der Waals surface area contributed by atoms with Crippen LogP contribution < -0.4 is 5.73 Å². The normalized spacial score (nSPS) is 37.7. The van der Waals surface area contributed by atoms with Crippen molar-refractivity contribution in [3.05, 3.63) is 41.2 Å². The van der Waals surface area contributed by atoms with Crippen molar-refractivity contribution in [2.24, 2.45) is 0 Å². The smallest absolute Gasteiger partial charge is 0.386 e. The zero-order valence-corrected chi connectivity index (χ0v) is 25.7. The number of imidazole rings is 2. The molecular formula is C22H23Cl2N7O12P2. The summed E-state index contributed by atoms with van der Waals surface area (Å²) in [5.41, 5.74) is 6.98. The Balaban J connectivity index is 1.16. The first kappa shape index (κ1) is 31.3. The Bertz CT molecular complexity index is 1880. The van der Waals surface area contributed by atoms with Gasteiger partial charge in [0.2, 0.25) is 0 Å². The van der Waals surface area contributed by atoms with Crippen molar-refractivity contribution in [2.45, 2.75) is 49.1 Å². The van der Waals surface area contributed by atoms with Gasteiger partial charge in [0, 0.05) is 0 Å². The molecule has 3 aliphatic rings. The van der Waals surface area contributed by atoms with Gasteiger partial charge < -0.3 is 39.8 Å². The standard InChI is InChI=1S/C22H23Cl2N7O12P2/c23-8-1-10-11(2-9(8)24)30(6-28-10)21-15(32)17-12(40-21)3-38-45(36,37)43-18-13(4-39-44(34,35)42-17)41-22(16(18)33)31-7-29-14-19(25)26-5-27-20(14)31/h1-2,5-7,12-13,15-18,21-22,32-33H,3-4H2,(H,34,35)(H,36,37)(H2,25,26,27)/t12-,13-,15?,16?,17?,18?,21-,22-/m1/s1. The highest BCUT2D eigenvalue weighted by molar-refractivity contribution is 7.47. The highest BCUT2D eigenvalue weighted by atomic mass is 35.5. The molecule has 3 saturated heterocycles. The van der Waals surface area contributed by atoms with Gasteiger partial charge in [-0.05, 0) is 12.1 Å². The maximum absolute atomic E-state index is 13.1. The molecule has 0 aliphatic carbocycles. The molecule has 0 radical (unpaired) electrons. The first-order valence-corrected chi connectivity index (χ1v) is 16.8. The molecule has 6 N–H and O–H groups in total. The Morgan fingerprint density at radius 3 is 2.00 bits per heavy atom. The molecule has 45 heavy (non-hydrogen) atoms. The van der Waals surface area contributed by atoms with Crippen LogP contribution in [0, 0.1) is 0 Å². The Kier molecular flexibility index (Phi) is 7.95. The molecule has 10 atom stereocenters. The van der Waals surface area contributed by atoms with Crippen molar-refractivity contribution in [3.63, 3.8) is 0 Å². The van der Waals surface area contributed by atoms with Gasteiger partial charge in [-0.1, -0.05) is 23.2 Å². The van der Waals surface area contributed by atoms with Crippen LogP contribution in [-0.4, -0.2) is 98.9 Å². The molecule has 6 unspecified atom stereocenters. The number of benzene rings is 1. The quantitative estimate of drug-likeness (QED) is 0.184. The predicted molar refractivity (Wildman–Crippen MR) is 151 cm³/mol. The van der Waals surface area contributed by atoms with E-state index >= 15 is 0 Å². The lowest BCUT2D eigenvalue weighted by Gasteiger charge is -2.27. The van der Waals surface area contributed by atoms with Gasteiger partial charge in [0.15, 0.2) is 23.9 Å². The third-order valence-electron chi connectivity index (χ3n) is 7.48. The van der Waals surface area contributed by atoms with Crippen LogP contribution in [0.4, 0.5) is 5.82 Å². The van der Waals surface area contributed by atoms with Gasteiger partial charge in [-0.3, -0.25) is 22.7 Å². The summed E-state index contributed by atoms with van der Waals surface area (Å²) in [7, 11) is -10.0. The van der Waals surface area contributed by atoms with Crippen molar-refractivity contribution in [2.75, 3.05) is 18.9 Å². The van der Waals surface area contributed by atoms with Crippen LogP contribution in [0.25, 0.3) is 22.2 Å². The van der Waals surface area contributed by atoms with Crippen LogP contribution in [0.5, 0.6) is 0 Å². The van der Waals surface area contributed by atoms with Crippen LogP contribution in [0.1, 0.15) is 12.5 Å². The number of rotatable bonds is 2. The van der Waals surface area contributed by atoms with E-state index < -0.39 is 77.9 Å². The molecule has 4 aromatic rings. The van der Waals surface area contributed by atoms with Gasteiger partial charge in [-0.2, -0.15) is 0 Å². The van der Waals surface area contributed by atoms with Crippen molar-refractivity contribution < 1.29 is 56.7 Å². The molecule has 0 amide bonds. The molecular weight excluding hydrogens is 687 g/mol. The number of phosphoric acid groups is 2. The number of nitrogens with two attached hydrogens (primary N) is 1. The largest absolute Gasteiger partial charge is 0.472 e. The summed E-state index contributed by atoms with van der Waals surface area (Å²) in [6, 6.07) is 2.97. The van der Waals surface area contributed by atoms with Gasteiger partial charge in [0.1, 0.15) is 48.5 Å². The molecule has 7 rings (SSSR count). The Hall–Kier alpha value is -2.32. The average Bonchev–Trinajstić information content (AvgIpc) is 3.73. The van der Waals surface area contributed by atoms with Gasteiger partial charge in [-0.15, -0.1) is 0 Å². The number of hydrogen-bond donors (Lipinski definition) is 5. The highest BCUT2D eigenvalue weighted by Crippen LogP contribution is 2.53. The zero-order chi connectivity index (χ0) is 31.8. The van der Waals surface area contributed by atoms with Crippen LogP contribution in [0.2, 0.25) is 10.0 Å². The number of halogens is 2. The van der Waals surface area contributed by atoms with E-state index in [4.69, 9.17) is 56.5 Å². The lowest BCUT2D eigenvalue weighted by atomic mass is 10.1. The minimum atomic E-state index is -5.00. The Morgan fingerprint density at radius 1 is 0.822 bits per heavy atom. The second kappa shape index (κ2) is 11.4. The minimum absolute atomic E-state index is 0.0514. The van der Waals surface area contributed by atoms with Gasteiger partial charge >= 0.3 is 15.6 Å². The van der Waals surface area contributed by atoms with Crippen molar-refractivity contribution in [1.82, 2.24) is 29.1 Å². The summed E-state index contributed by atoms with van der Waals surface area (Å²) in [6.45, 7) is -1.55. The van der Waals surface area contributed by atoms with Crippen LogP contribution >= 0.6 is 38.8 Å². The lowest BCUT2D eigenvalue weighted by molar-refractivity contribution is -0.0663. The molecule has 0 saturated carbocycles. The lowest BCUT2D eigenvalue weighted by Crippen LogP contribution is -2.39. The molecule has 3 aliphatic heterocycles. The van der Waals surface area contributed by atoms with E-state index in [1.54, 1.807) is 0 Å². The molecule has 23 heteroatoms. The summed E-state index contributed by atoms with van der Waals surface area (Å²) in [5, 5.41) is 22.7. The maximum atomic E-state index is 13.1. The Morgan fingerprint density at radius 2 is 1.38 bits per heavy atom.